The molecule has 0 unspecified atom stereocenters. The summed E-state index contributed by atoms with van der Waals surface area (Å²) < 4.78 is 10.2. The van der Waals surface area contributed by atoms with Crippen LogP contribution in [0.1, 0.15) is 48.4 Å². The quantitative estimate of drug-likeness (QED) is 0.767. The van der Waals surface area contributed by atoms with Crippen molar-refractivity contribution in [2.24, 2.45) is 5.92 Å². The van der Waals surface area contributed by atoms with Crippen LogP contribution >= 0.6 is 0 Å². The van der Waals surface area contributed by atoms with E-state index in [2.05, 4.69) is 0 Å². The second-order valence-corrected chi connectivity index (χ2v) is 5.03. The van der Waals surface area contributed by atoms with Gasteiger partial charge in [-0.3, -0.25) is 0 Å². The van der Waals surface area contributed by atoms with E-state index in [1.807, 2.05) is 13.8 Å². The highest BCUT2D eigenvalue weighted by molar-refractivity contribution is 5.95. The Bertz CT molecular complexity index is 449. The predicted octanol–water partition coefficient (Wildman–Crippen LogP) is 3.06. The first-order valence-corrected chi connectivity index (χ1v) is 6.38. The number of ether oxygens (including phenoxy) is 2. The van der Waals surface area contributed by atoms with Crippen LogP contribution in [0.15, 0.2) is 24.3 Å². The molecule has 0 aliphatic carbocycles. The van der Waals surface area contributed by atoms with Crippen LogP contribution in [0.4, 0.5) is 0 Å². The Kier molecular flexibility index (Phi) is 5.55. The summed E-state index contributed by atoms with van der Waals surface area (Å²) in [6.45, 7) is 7.84. The largest absolute Gasteiger partial charge is 0.462 e. The minimum atomic E-state index is -0.437. The van der Waals surface area contributed by atoms with Crippen molar-refractivity contribution in [3.63, 3.8) is 0 Å². The van der Waals surface area contributed by atoms with Crippen molar-refractivity contribution in [3.8, 4) is 0 Å². The van der Waals surface area contributed by atoms with E-state index in [0.29, 0.717) is 17.7 Å². The number of benzene rings is 1. The molecule has 19 heavy (non-hydrogen) atoms. The molecule has 0 amide bonds. The van der Waals surface area contributed by atoms with Gasteiger partial charge in [0.2, 0.25) is 0 Å². The zero-order valence-electron chi connectivity index (χ0n) is 11.8. The number of carbonyl (C=O) groups excluding carboxylic acids is 2. The third kappa shape index (κ3) is 5.12. The van der Waals surface area contributed by atoms with Crippen LogP contribution in [-0.2, 0) is 9.47 Å². The Balaban J connectivity index is 2.76. The fourth-order valence-corrected chi connectivity index (χ4v) is 1.38. The molecule has 1 aromatic rings. The number of hydrogen-bond acceptors (Lipinski definition) is 4. The first kappa shape index (κ1) is 15.2. The topological polar surface area (TPSA) is 52.6 Å². The van der Waals surface area contributed by atoms with Crippen molar-refractivity contribution in [2.45, 2.75) is 33.8 Å². The smallest absolute Gasteiger partial charge is 0.338 e. The van der Waals surface area contributed by atoms with Gasteiger partial charge >= 0.3 is 11.9 Å². The minimum Gasteiger partial charge on any atom is -0.462 e. The van der Waals surface area contributed by atoms with E-state index in [1.165, 1.54) is 6.07 Å². The molecular weight excluding hydrogens is 244 g/mol. The molecule has 0 bridgehead atoms. The van der Waals surface area contributed by atoms with Gasteiger partial charge in [0.15, 0.2) is 0 Å². The lowest BCUT2D eigenvalue weighted by Gasteiger charge is -2.10. The van der Waals surface area contributed by atoms with E-state index in [0.717, 1.165) is 0 Å². The molecule has 0 atom stereocenters. The van der Waals surface area contributed by atoms with Crippen molar-refractivity contribution >= 4 is 11.9 Å². The summed E-state index contributed by atoms with van der Waals surface area (Å²) in [6, 6.07) is 6.37. The molecule has 0 radical (unpaired) electrons. The van der Waals surface area contributed by atoms with Crippen LogP contribution < -0.4 is 0 Å². The van der Waals surface area contributed by atoms with Gasteiger partial charge in [-0.2, -0.15) is 0 Å². The molecule has 0 fully saturated rings. The number of esters is 2. The van der Waals surface area contributed by atoms with E-state index in [9.17, 15) is 9.59 Å². The SMILES string of the molecule is CC(C)COC(=O)c1cccc(C(=O)OC(C)C)c1. The molecule has 0 aromatic heterocycles. The van der Waals surface area contributed by atoms with Crippen LogP contribution in [0.2, 0.25) is 0 Å². The molecule has 0 aliphatic rings. The fourth-order valence-electron chi connectivity index (χ4n) is 1.38. The lowest BCUT2D eigenvalue weighted by Crippen LogP contribution is -2.14. The zero-order valence-corrected chi connectivity index (χ0v) is 11.8. The van der Waals surface area contributed by atoms with Crippen LogP contribution in [0.5, 0.6) is 0 Å². The Morgan fingerprint density at radius 1 is 1.05 bits per heavy atom. The maximum Gasteiger partial charge on any atom is 0.338 e. The Morgan fingerprint density at radius 2 is 1.63 bits per heavy atom. The van der Waals surface area contributed by atoms with E-state index < -0.39 is 11.9 Å². The average Bonchev–Trinajstić information content (AvgIpc) is 2.35. The Morgan fingerprint density at radius 3 is 2.16 bits per heavy atom. The van der Waals surface area contributed by atoms with Gasteiger partial charge in [-0.1, -0.05) is 19.9 Å². The van der Waals surface area contributed by atoms with Crippen molar-refractivity contribution < 1.29 is 19.1 Å². The summed E-state index contributed by atoms with van der Waals surface area (Å²) in [5.41, 5.74) is 0.714. The maximum atomic E-state index is 11.8. The van der Waals surface area contributed by atoms with Crippen molar-refractivity contribution in [1.82, 2.24) is 0 Å². The van der Waals surface area contributed by atoms with Crippen molar-refractivity contribution in [2.75, 3.05) is 6.61 Å². The fraction of sp³-hybridized carbons (Fsp3) is 0.467. The van der Waals surface area contributed by atoms with Gasteiger partial charge in [0.05, 0.1) is 23.8 Å². The molecule has 1 aromatic carbocycles. The first-order valence-electron chi connectivity index (χ1n) is 6.38. The van der Waals surface area contributed by atoms with Crippen LogP contribution in [0, 0.1) is 5.92 Å². The van der Waals surface area contributed by atoms with E-state index >= 15 is 0 Å². The summed E-state index contributed by atoms with van der Waals surface area (Å²) in [7, 11) is 0. The second kappa shape index (κ2) is 6.92. The monoisotopic (exact) mass is 264 g/mol. The first-order chi connectivity index (χ1) is 8.90. The maximum absolute atomic E-state index is 11.8. The molecule has 0 aliphatic heterocycles. The highest BCUT2D eigenvalue weighted by Crippen LogP contribution is 2.10. The molecule has 0 spiro atoms. The summed E-state index contributed by atoms with van der Waals surface area (Å²) >= 11 is 0. The molecule has 0 N–H and O–H groups in total. The molecule has 104 valence electrons. The molecule has 4 nitrogen and oxygen atoms in total. The molecule has 0 heterocycles. The van der Waals surface area contributed by atoms with Crippen LogP contribution in [-0.4, -0.2) is 24.6 Å². The number of carbonyl (C=O) groups is 2. The summed E-state index contributed by atoms with van der Waals surface area (Å²) in [6.07, 6.45) is -0.191. The molecule has 0 saturated carbocycles. The minimum absolute atomic E-state index is 0.191. The van der Waals surface area contributed by atoms with Gasteiger partial charge in [-0.15, -0.1) is 0 Å². The summed E-state index contributed by atoms with van der Waals surface area (Å²) in [4.78, 5) is 23.5. The normalized spacial score (nSPS) is 10.6. The van der Waals surface area contributed by atoms with Gasteiger partial charge in [0.1, 0.15) is 0 Å². The van der Waals surface area contributed by atoms with Crippen molar-refractivity contribution in [1.29, 1.82) is 0 Å². The lowest BCUT2D eigenvalue weighted by molar-refractivity contribution is 0.0378. The molecule has 4 heteroatoms. The van der Waals surface area contributed by atoms with Crippen LogP contribution in [0.3, 0.4) is 0 Å². The Labute approximate surface area is 113 Å². The predicted molar refractivity (Wildman–Crippen MR) is 72.1 cm³/mol. The Hall–Kier alpha value is -1.84. The van der Waals surface area contributed by atoms with E-state index in [1.54, 1.807) is 32.0 Å². The van der Waals surface area contributed by atoms with Gasteiger partial charge < -0.3 is 9.47 Å². The zero-order chi connectivity index (χ0) is 14.4. The third-order valence-corrected chi connectivity index (χ3v) is 2.22. The van der Waals surface area contributed by atoms with E-state index in [-0.39, 0.29) is 12.0 Å². The molecule has 1 rings (SSSR count). The average molecular weight is 264 g/mol. The summed E-state index contributed by atoms with van der Waals surface area (Å²) in [5, 5.41) is 0. The van der Waals surface area contributed by atoms with Gasteiger partial charge in [0, 0.05) is 0 Å². The second-order valence-electron chi connectivity index (χ2n) is 5.03. The lowest BCUT2D eigenvalue weighted by atomic mass is 10.1. The van der Waals surface area contributed by atoms with Gasteiger partial charge in [-0.25, -0.2) is 9.59 Å². The number of rotatable bonds is 5. The highest BCUT2D eigenvalue weighted by atomic mass is 16.5. The standard InChI is InChI=1S/C15H20O4/c1-10(2)9-18-14(16)12-6-5-7-13(8-12)15(17)19-11(3)4/h5-8,10-11H,9H2,1-4H3. The van der Waals surface area contributed by atoms with E-state index in [4.69, 9.17) is 9.47 Å². The third-order valence-electron chi connectivity index (χ3n) is 2.22. The highest BCUT2D eigenvalue weighted by Gasteiger charge is 2.13. The van der Waals surface area contributed by atoms with Crippen LogP contribution in [0.25, 0.3) is 0 Å². The van der Waals surface area contributed by atoms with Crippen molar-refractivity contribution in [3.05, 3.63) is 35.4 Å². The van der Waals surface area contributed by atoms with Gasteiger partial charge in [0.25, 0.3) is 0 Å². The summed E-state index contributed by atoms with van der Waals surface area (Å²) in [5.74, 6) is -0.584. The molecule has 0 saturated heterocycles. The van der Waals surface area contributed by atoms with Gasteiger partial charge in [-0.05, 0) is 38.0 Å². The molecular formula is C15H20O4. The number of hydrogen-bond donors (Lipinski definition) is 0.